The molecule has 10 heteroatoms. The standard InChI is InChI=1S/C36H35N7O3/c1-25-23-45-20-19-43(25)35-30-16-18-42(36(44)28-9-6-17-37-21-28)22-31(30)39-34(41-35)27-12-14-29(15-13-27)38-32-10-5-11-33(40-32)46-24-26-7-3-2-4-8-26/h2-15,17,21,25H,16,18-20,22-24H2,1H3,(H,38,40)/t25-/m0/s1. The van der Waals surface area contributed by atoms with Crippen LogP contribution in [-0.2, 0) is 24.3 Å². The van der Waals surface area contributed by atoms with Gasteiger partial charge in [0, 0.05) is 48.4 Å². The number of morpholine rings is 1. The Morgan fingerprint density at radius 3 is 2.63 bits per heavy atom. The lowest BCUT2D eigenvalue weighted by molar-refractivity contribution is 0.0731. The second-order valence-electron chi connectivity index (χ2n) is 11.5. The van der Waals surface area contributed by atoms with Crippen LogP contribution < -0.4 is 15.0 Å². The van der Waals surface area contributed by atoms with E-state index in [1.54, 1.807) is 24.5 Å². The highest BCUT2D eigenvalue weighted by Gasteiger charge is 2.30. The van der Waals surface area contributed by atoms with E-state index in [2.05, 4.69) is 27.1 Å². The Morgan fingerprint density at radius 2 is 1.83 bits per heavy atom. The molecule has 1 fully saturated rings. The SMILES string of the molecule is C[C@H]1COCCN1c1nc(-c2ccc(Nc3cccc(OCc4ccccc4)n3)cc2)nc2c1CCN(C(=O)c1cccnc1)C2. The van der Waals surface area contributed by atoms with Gasteiger partial charge in [0.25, 0.3) is 5.91 Å². The Morgan fingerprint density at radius 1 is 0.957 bits per heavy atom. The minimum Gasteiger partial charge on any atom is -0.473 e. The van der Waals surface area contributed by atoms with Crippen LogP contribution in [-0.4, -0.2) is 63.1 Å². The molecule has 0 radical (unpaired) electrons. The van der Waals surface area contributed by atoms with Crippen molar-refractivity contribution < 1.29 is 14.3 Å². The number of pyridine rings is 2. The van der Waals surface area contributed by atoms with Gasteiger partial charge in [0.2, 0.25) is 5.88 Å². The zero-order valence-electron chi connectivity index (χ0n) is 25.7. The van der Waals surface area contributed by atoms with Gasteiger partial charge < -0.3 is 24.6 Å². The van der Waals surface area contributed by atoms with Gasteiger partial charge >= 0.3 is 0 Å². The molecule has 0 spiro atoms. The van der Waals surface area contributed by atoms with Crippen molar-refractivity contribution >= 4 is 23.2 Å². The molecule has 10 nitrogen and oxygen atoms in total. The number of aromatic nitrogens is 4. The summed E-state index contributed by atoms with van der Waals surface area (Å²) in [6.45, 7) is 5.67. The summed E-state index contributed by atoms with van der Waals surface area (Å²) in [7, 11) is 0. The van der Waals surface area contributed by atoms with E-state index in [0.717, 1.165) is 40.4 Å². The Kier molecular flexibility index (Phi) is 8.51. The van der Waals surface area contributed by atoms with Gasteiger partial charge in [0.05, 0.1) is 37.1 Å². The van der Waals surface area contributed by atoms with Gasteiger partial charge in [-0.2, -0.15) is 4.98 Å². The number of carbonyl (C=O) groups is 1. The average molecular weight is 614 g/mol. The fourth-order valence-electron chi connectivity index (χ4n) is 5.81. The number of hydrogen-bond acceptors (Lipinski definition) is 9. The zero-order valence-corrected chi connectivity index (χ0v) is 25.7. The molecule has 0 unspecified atom stereocenters. The van der Waals surface area contributed by atoms with Gasteiger partial charge in [-0.05, 0) is 61.4 Å². The fourth-order valence-corrected chi connectivity index (χ4v) is 5.81. The molecule has 46 heavy (non-hydrogen) atoms. The quantitative estimate of drug-likeness (QED) is 0.237. The van der Waals surface area contributed by atoms with E-state index in [4.69, 9.17) is 19.4 Å². The number of hydrogen-bond donors (Lipinski definition) is 1. The first-order chi connectivity index (χ1) is 22.6. The number of anilines is 3. The maximum Gasteiger partial charge on any atom is 0.255 e. The van der Waals surface area contributed by atoms with E-state index in [1.165, 1.54) is 0 Å². The summed E-state index contributed by atoms with van der Waals surface area (Å²) in [6, 6.07) is 27.5. The van der Waals surface area contributed by atoms with Crippen molar-refractivity contribution in [2.45, 2.75) is 32.5 Å². The lowest BCUT2D eigenvalue weighted by Gasteiger charge is -2.37. The largest absolute Gasteiger partial charge is 0.473 e. The van der Waals surface area contributed by atoms with E-state index in [9.17, 15) is 4.79 Å². The molecule has 0 bridgehead atoms. The first kappa shape index (κ1) is 29.4. The van der Waals surface area contributed by atoms with E-state index in [-0.39, 0.29) is 11.9 Å². The third-order valence-corrected chi connectivity index (χ3v) is 8.25. The molecule has 2 aliphatic rings. The second kappa shape index (κ2) is 13.3. The Hall–Kier alpha value is -5.35. The molecule has 5 aromatic rings. The Bertz CT molecular complexity index is 1800. The number of fused-ring (bicyclic) bond motifs is 1. The van der Waals surface area contributed by atoms with Gasteiger partial charge in [0.1, 0.15) is 18.2 Å². The number of benzene rings is 2. The third kappa shape index (κ3) is 6.52. The van der Waals surface area contributed by atoms with Crippen molar-refractivity contribution in [1.82, 2.24) is 24.8 Å². The molecule has 7 rings (SSSR count). The molecule has 232 valence electrons. The normalized spacial score (nSPS) is 16.1. The number of carbonyl (C=O) groups excluding carboxylic acids is 1. The van der Waals surface area contributed by atoms with Crippen molar-refractivity contribution in [3.8, 4) is 17.3 Å². The summed E-state index contributed by atoms with van der Waals surface area (Å²) < 4.78 is 11.6. The summed E-state index contributed by atoms with van der Waals surface area (Å²) in [5, 5.41) is 3.37. The molecule has 1 amide bonds. The van der Waals surface area contributed by atoms with Crippen LogP contribution >= 0.6 is 0 Å². The highest BCUT2D eigenvalue weighted by molar-refractivity contribution is 5.94. The highest BCUT2D eigenvalue weighted by atomic mass is 16.5. The zero-order chi connectivity index (χ0) is 31.3. The van der Waals surface area contributed by atoms with Gasteiger partial charge in [0.15, 0.2) is 5.82 Å². The van der Waals surface area contributed by atoms with Crippen LogP contribution in [0.25, 0.3) is 11.4 Å². The first-order valence-corrected chi connectivity index (χ1v) is 15.6. The van der Waals surface area contributed by atoms with Crippen LogP contribution in [0.3, 0.4) is 0 Å². The van der Waals surface area contributed by atoms with Crippen LogP contribution in [0.4, 0.5) is 17.3 Å². The van der Waals surface area contributed by atoms with Crippen molar-refractivity contribution in [3.05, 3.63) is 120 Å². The van der Waals surface area contributed by atoms with E-state index < -0.39 is 0 Å². The number of rotatable bonds is 8. The van der Waals surface area contributed by atoms with Crippen molar-refractivity contribution in [2.24, 2.45) is 0 Å². The average Bonchev–Trinajstić information content (AvgIpc) is 3.11. The molecule has 0 saturated carbocycles. The summed E-state index contributed by atoms with van der Waals surface area (Å²) in [6.07, 6.45) is 3.97. The van der Waals surface area contributed by atoms with E-state index in [0.29, 0.717) is 62.4 Å². The van der Waals surface area contributed by atoms with Gasteiger partial charge in [-0.1, -0.05) is 36.4 Å². The smallest absolute Gasteiger partial charge is 0.255 e. The summed E-state index contributed by atoms with van der Waals surface area (Å²) >= 11 is 0. The summed E-state index contributed by atoms with van der Waals surface area (Å²) in [5.41, 5.74) is 5.41. The number of amides is 1. The van der Waals surface area contributed by atoms with Gasteiger partial charge in [-0.15, -0.1) is 0 Å². The lowest BCUT2D eigenvalue weighted by Crippen LogP contribution is -2.45. The molecule has 2 aliphatic heterocycles. The third-order valence-electron chi connectivity index (χ3n) is 8.25. The van der Waals surface area contributed by atoms with E-state index >= 15 is 0 Å². The van der Waals surface area contributed by atoms with Crippen LogP contribution in [0, 0.1) is 0 Å². The molecule has 0 aliphatic carbocycles. The van der Waals surface area contributed by atoms with Crippen LogP contribution in [0.1, 0.15) is 34.1 Å². The van der Waals surface area contributed by atoms with E-state index in [1.807, 2.05) is 77.7 Å². The predicted octanol–water partition coefficient (Wildman–Crippen LogP) is 5.68. The molecule has 2 aromatic carbocycles. The van der Waals surface area contributed by atoms with Gasteiger partial charge in [-0.25, -0.2) is 9.97 Å². The molecule has 1 N–H and O–H groups in total. The molecular weight excluding hydrogens is 578 g/mol. The fraction of sp³-hybridized carbons (Fsp3) is 0.250. The van der Waals surface area contributed by atoms with Gasteiger partial charge in [-0.3, -0.25) is 9.78 Å². The van der Waals surface area contributed by atoms with Crippen molar-refractivity contribution in [1.29, 1.82) is 0 Å². The maximum atomic E-state index is 13.3. The summed E-state index contributed by atoms with van der Waals surface area (Å²) in [4.78, 5) is 36.4. The van der Waals surface area contributed by atoms with Crippen molar-refractivity contribution in [2.75, 3.05) is 36.5 Å². The molecular formula is C36H35N7O3. The highest BCUT2D eigenvalue weighted by Crippen LogP contribution is 2.32. The number of ether oxygens (including phenoxy) is 2. The topological polar surface area (TPSA) is 106 Å². The molecule has 1 atom stereocenters. The molecule has 5 heterocycles. The molecule has 1 saturated heterocycles. The van der Waals surface area contributed by atoms with Crippen LogP contribution in [0.2, 0.25) is 0 Å². The second-order valence-corrected chi connectivity index (χ2v) is 11.5. The summed E-state index contributed by atoms with van der Waals surface area (Å²) in [5.74, 6) is 2.75. The lowest BCUT2D eigenvalue weighted by atomic mass is 10.0. The first-order valence-electron chi connectivity index (χ1n) is 15.6. The van der Waals surface area contributed by atoms with Crippen LogP contribution in [0.5, 0.6) is 5.88 Å². The minimum atomic E-state index is -0.0428. The monoisotopic (exact) mass is 613 g/mol. The minimum absolute atomic E-state index is 0.0428. The predicted molar refractivity (Wildman–Crippen MR) is 176 cm³/mol. The van der Waals surface area contributed by atoms with Crippen LogP contribution in [0.15, 0.2) is 97.3 Å². The number of nitrogens with zero attached hydrogens (tertiary/aromatic N) is 6. The Balaban J connectivity index is 1.12. The Labute approximate surface area is 268 Å². The van der Waals surface area contributed by atoms with Crippen molar-refractivity contribution in [3.63, 3.8) is 0 Å². The number of nitrogens with one attached hydrogen (secondary N) is 1. The molecule has 3 aromatic heterocycles. The maximum absolute atomic E-state index is 13.3.